The molecule has 2 aromatic rings. The van der Waals surface area contributed by atoms with Crippen LogP contribution in [0.2, 0.25) is 10.0 Å². The number of benzene rings is 2. The lowest BCUT2D eigenvalue weighted by Crippen LogP contribution is -1.95. The van der Waals surface area contributed by atoms with Crippen LogP contribution in [0.1, 0.15) is 0 Å². The number of hydrogen-bond acceptors (Lipinski definition) is 2. The predicted octanol–water partition coefficient (Wildman–Crippen LogP) is 5.25. The summed E-state index contributed by atoms with van der Waals surface area (Å²) in [5.41, 5.74) is 0. The lowest BCUT2D eigenvalue weighted by molar-refractivity contribution is 0.454. The molecule has 1 aliphatic rings. The third-order valence-electron chi connectivity index (χ3n) is 2.29. The minimum atomic E-state index is 0.552. The maximum Gasteiger partial charge on any atom is 0.143 e. The first kappa shape index (κ1) is 10.3. The number of ether oxygens (including phenoxy) is 1. The second kappa shape index (κ2) is 3.88. The summed E-state index contributed by atoms with van der Waals surface area (Å²) in [6.07, 6.45) is 0. The molecule has 0 aromatic heterocycles. The molecular formula is C12H6Cl2OS. The Bertz CT molecular complexity index is 569. The molecular weight excluding hydrogens is 263 g/mol. The van der Waals surface area contributed by atoms with Gasteiger partial charge < -0.3 is 4.74 Å². The summed E-state index contributed by atoms with van der Waals surface area (Å²) < 4.78 is 5.75. The van der Waals surface area contributed by atoms with Crippen LogP contribution in [0.3, 0.4) is 0 Å². The van der Waals surface area contributed by atoms with Gasteiger partial charge in [-0.1, -0.05) is 47.1 Å². The van der Waals surface area contributed by atoms with Gasteiger partial charge >= 0.3 is 0 Å². The molecule has 80 valence electrons. The van der Waals surface area contributed by atoms with Crippen molar-refractivity contribution in [3.63, 3.8) is 0 Å². The molecule has 4 heteroatoms. The summed E-state index contributed by atoms with van der Waals surface area (Å²) in [7, 11) is 0. The van der Waals surface area contributed by atoms with Crippen LogP contribution in [0.15, 0.2) is 46.2 Å². The van der Waals surface area contributed by atoms with E-state index in [1.54, 1.807) is 17.8 Å². The van der Waals surface area contributed by atoms with Crippen LogP contribution < -0.4 is 4.74 Å². The monoisotopic (exact) mass is 268 g/mol. The summed E-state index contributed by atoms with van der Waals surface area (Å²) >= 11 is 13.7. The van der Waals surface area contributed by atoms with Gasteiger partial charge in [-0.2, -0.15) is 0 Å². The van der Waals surface area contributed by atoms with Crippen LogP contribution in [0.25, 0.3) is 0 Å². The highest BCUT2D eigenvalue weighted by molar-refractivity contribution is 7.99. The van der Waals surface area contributed by atoms with Gasteiger partial charge in [0.05, 0.1) is 19.8 Å². The average molecular weight is 269 g/mol. The van der Waals surface area contributed by atoms with Gasteiger partial charge in [-0.3, -0.25) is 0 Å². The van der Waals surface area contributed by atoms with Crippen LogP contribution in [0, 0.1) is 0 Å². The molecule has 0 amide bonds. The van der Waals surface area contributed by atoms with E-state index < -0.39 is 0 Å². The van der Waals surface area contributed by atoms with Crippen LogP contribution >= 0.6 is 35.0 Å². The smallest absolute Gasteiger partial charge is 0.143 e. The SMILES string of the molecule is Clc1ccc2c(c1Cl)Sc1ccccc1O2. The Morgan fingerprint density at radius 3 is 2.62 bits per heavy atom. The highest BCUT2D eigenvalue weighted by atomic mass is 35.5. The molecule has 0 fully saturated rings. The first-order chi connectivity index (χ1) is 7.75. The maximum atomic E-state index is 6.14. The van der Waals surface area contributed by atoms with E-state index in [0.29, 0.717) is 10.0 Å². The summed E-state index contributed by atoms with van der Waals surface area (Å²) in [5, 5.41) is 1.11. The number of rotatable bonds is 0. The summed E-state index contributed by atoms with van der Waals surface area (Å²) in [6.45, 7) is 0. The number of hydrogen-bond donors (Lipinski definition) is 0. The van der Waals surface area contributed by atoms with Crippen LogP contribution in [0.5, 0.6) is 11.5 Å². The van der Waals surface area contributed by atoms with Crippen molar-refractivity contribution in [3.05, 3.63) is 46.4 Å². The van der Waals surface area contributed by atoms with Gasteiger partial charge in [-0.15, -0.1) is 0 Å². The Kier molecular flexibility index (Phi) is 2.51. The lowest BCUT2D eigenvalue weighted by atomic mass is 10.3. The minimum absolute atomic E-state index is 0.552. The Balaban J connectivity index is 2.16. The molecule has 0 unspecified atom stereocenters. The van der Waals surface area contributed by atoms with Crippen molar-refractivity contribution in [2.75, 3.05) is 0 Å². The number of para-hydroxylation sites is 1. The molecule has 0 bridgehead atoms. The summed E-state index contributed by atoms with van der Waals surface area (Å²) in [5.74, 6) is 1.62. The molecule has 1 heterocycles. The van der Waals surface area contributed by atoms with E-state index in [9.17, 15) is 0 Å². The molecule has 1 nitrogen and oxygen atoms in total. The molecule has 0 saturated carbocycles. The van der Waals surface area contributed by atoms with Crippen molar-refractivity contribution in [1.82, 2.24) is 0 Å². The number of halogens is 2. The molecule has 2 aromatic carbocycles. The van der Waals surface area contributed by atoms with Gasteiger partial charge in [0.1, 0.15) is 11.5 Å². The fourth-order valence-corrected chi connectivity index (χ4v) is 3.01. The van der Waals surface area contributed by atoms with Crippen molar-refractivity contribution in [2.45, 2.75) is 9.79 Å². The second-order valence-corrected chi connectivity index (χ2v) is 5.18. The zero-order valence-electron chi connectivity index (χ0n) is 8.04. The average Bonchev–Trinajstić information content (AvgIpc) is 2.32. The van der Waals surface area contributed by atoms with E-state index in [0.717, 1.165) is 21.3 Å². The number of fused-ring (bicyclic) bond motifs is 2. The molecule has 0 radical (unpaired) electrons. The topological polar surface area (TPSA) is 9.23 Å². The van der Waals surface area contributed by atoms with E-state index in [2.05, 4.69) is 0 Å². The van der Waals surface area contributed by atoms with Crippen molar-refractivity contribution >= 4 is 35.0 Å². The summed E-state index contributed by atoms with van der Waals surface area (Å²) in [4.78, 5) is 1.94. The third kappa shape index (κ3) is 1.58. The molecule has 1 aliphatic heterocycles. The van der Waals surface area contributed by atoms with E-state index in [-0.39, 0.29) is 0 Å². The fourth-order valence-electron chi connectivity index (χ4n) is 1.54. The second-order valence-electron chi connectivity index (χ2n) is 3.34. The van der Waals surface area contributed by atoms with Crippen LogP contribution in [0.4, 0.5) is 0 Å². The third-order valence-corrected chi connectivity index (χ3v) is 4.38. The largest absolute Gasteiger partial charge is 0.455 e. The van der Waals surface area contributed by atoms with Crippen molar-refractivity contribution < 1.29 is 4.74 Å². The van der Waals surface area contributed by atoms with Gasteiger partial charge in [0, 0.05) is 0 Å². The Morgan fingerprint density at radius 1 is 0.938 bits per heavy atom. The Labute approximate surface area is 107 Å². The minimum Gasteiger partial charge on any atom is -0.455 e. The highest BCUT2D eigenvalue weighted by Gasteiger charge is 2.21. The normalized spacial score (nSPS) is 12.6. The maximum absolute atomic E-state index is 6.14. The van der Waals surface area contributed by atoms with Crippen molar-refractivity contribution in [2.24, 2.45) is 0 Å². The van der Waals surface area contributed by atoms with Gasteiger partial charge in [0.2, 0.25) is 0 Å². The molecule has 0 saturated heterocycles. The fraction of sp³-hybridized carbons (Fsp3) is 0. The first-order valence-electron chi connectivity index (χ1n) is 4.68. The van der Waals surface area contributed by atoms with Gasteiger partial charge in [0.15, 0.2) is 0 Å². The standard InChI is InChI=1S/C12H6Cl2OS/c13-7-5-6-9-12(11(7)14)16-10-4-2-1-3-8(10)15-9/h1-6H. The van der Waals surface area contributed by atoms with Crippen molar-refractivity contribution in [1.29, 1.82) is 0 Å². The van der Waals surface area contributed by atoms with Crippen LogP contribution in [-0.4, -0.2) is 0 Å². The molecule has 3 rings (SSSR count). The lowest BCUT2D eigenvalue weighted by Gasteiger charge is -2.20. The first-order valence-corrected chi connectivity index (χ1v) is 6.25. The molecule has 0 N–H and O–H groups in total. The van der Waals surface area contributed by atoms with Gasteiger partial charge in [0.25, 0.3) is 0 Å². The predicted molar refractivity (Wildman–Crippen MR) is 67.1 cm³/mol. The molecule has 0 spiro atoms. The quantitative estimate of drug-likeness (QED) is 0.551. The molecule has 16 heavy (non-hydrogen) atoms. The highest BCUT2D eigenvalue weighted by Crippen LogP contribution is 2.51. The Morgan fingerprint density at radius 2 is 1.75 bits per heavy atom. The zero-order chi connectivity index (χ0) is 11.1. The van der Waals surface area contributed by atoms with E-state index in [1.165, 1.54) is 0 Å². The van der Waals surface area contributed by atoms with Crippen LogP contribution in [-0.2, 0) is 0 Å². The van der Waals surface area contributed by atoms with Gasteiger partial charge in [-0.25, -0.2) is 0 Å². The van der Waals surface area contributed by atoms with Crippen molar-refractivity contribution in [3.8, 4) is 11.5 Å². The zero-order valence-corrected chi connectivity index (χ0v) is 10.4. The van der Waals surface area contributed by atoms with E-state index in [1.807, 2.05) is 30.3 Å². The molecule has 0 aliphatic carbocycles. The van der Waals surface area contributed by atoms with E-state index in [4.69, 9.17) is 27.9 Å². The summed E-state index contributed by atoms with van der Waals surface area (Å²) in [6, 6.07) is 11.4. The molecule has 0 atom stereocenters. The van der Waals surface area contributed by atoms with E-state index >= 15 is 0 Å². The Hall–Kier alpha value is -0.830. The van der Waals surface area contributed by atoms with Gasteiger partial charge in [-0.05, 0) is 24.3 Å².